The third kappa shape index (κ3) is 4.63. The van der Waals surface area contributed by atoms with Gasteiger partial charge in [-0.15, -0.1) is 0 Å². The van der Waals surface area contributed by atoms with E-state index in [4.69, 9.17) is 0 Å². The van der Waals surface area contributed by atoms with E-state index in [1.54, 1.807) is 6.20 Å². The van der Waals surface area contributed by atoms with Gasteiger partial charge in [0.25, 0.3) is 5.91 Å². The molecule has 1 amide bonds. The van der Waals surface area contributed by atoms with Gasteiger partial charge in [-0.1, -0.05) is 38.0 Å². The van der Waals surface area contributed by atoms with Crippen molar-refractivity contribution in [1.82, 2.24) is 15.3 Å². The van der Waals surface area contributed by atoms with Crippen LogP contribution in [0, 0.1) is 0 Å². The van der Waals surface area contributed by atoms with Crippen molar-refractivity contribution in [3.8, 4) is 0 Å². The van der Waals surface area contributed by atoms with Crippen LogP contribution in [0.1, 0.15) is 42.1 Å². The van der Waals surface area contributed by atoms with Crippen LogP contribution in [0.25, 0.3) is 10.9 Å². The molecular weight excluding hydrogens is 324 g/mol. The molecule has 0 aliphatic heterocycles. The zero-order valence-corrected chi connectivity index (χ0v) is 15.2. The molecule has 3 aromatic rings. The van der Waals surface area contributed by atoms with Crippen molar-refractivity contribution in [3.63, 3.8) is 0 Å². The van der Waals surface area contributed by atoms with E-state index in [2.05, 4.69) is 51.9 Å². The first-order valence-corrected chi connectivity index (χ1v) is 9.31. The van der Waals surface area contributed by atoms with E-state index in [0.717, 1.165) is 50.1 Å². The zero-order valence-electron chi connectivity index (χ0n) is 15.2. The highest BCUT2D eigenvalue weighted by molar-refractivity contribution is 5.94. The van der Waals surface area contributed by atoms with Crippen LogP contribution in [0.2, 0.25) is 0 Å². The van der Waals surface area contributed by atoms with E-state index >= 15 is 0 Å². The molecule has 5 nitrogen and oxygen atoms in total. The SMILES string of the molecule is CCCCCNC(=O)c1ccc(NCCc2c[nH]c3ccccc23)nc1. The molecule has 136 valence electrons. The van der Waals surface area contributed by atoms with Crippen LogP contribution < -0.4 is 10.6 Å². The maximum Gasteiger partial charge on any atom is 0.252 e. The van der Waals surface area contributed by atoms with Gasteiger partial charge in [0.2, 0.25) is 0 Å². The van der Waals surface area contributed by atoms with Crippen LogP contribution in [0.5, 0.6) is 0 Å². The predicted molar refractivity (Wildman–Crippen MR) is 107 cm³/mol. The summed E-state index contributed by atoms with van der Waals surface area (Å²) in [7, 11) is 0. The zero-order chi connectivity index (χ0) is 18.2. The quantitative estimate of drug-likeness (QED) is 0.508. The van der Waals surface area contributed by atoms with Gasteiger partial charge in [-0.2, -0.15) is 0 Å². The Bertz CT molecular complexity index is 839. The summed E-state index contributed by atoms with van der Waals surface area (Å²) >= 11 is 0. The van der Waals surface area contributed by atoms with E-state index < -0.39 is 0 Å². The third-order valence-corrected chi connectivity index (χ3v) is 4.47. The summed E-state index contributed by atoms with van der Waals surface area (Å²) in [5, 5.41) is 7.51. The Morgan fingerprint density at radius 1 is 1.12 bits per heavy atom. The van der Waals surface area contributed by atoms with Gasteiger partial charge in [0.1, 0.15) is 5.82 Å². The van der Waals surface area contributed by atoms with Gasteiger partial charge in [0.15, 0.2) is 0 Å². The lowest BCUT2D eigenvalue weighted by atomic mass is 10.1. The van der Waals surface area contributed by atoms with E-state index in [0.29, 0.717) is 5.56 Å². The lowest BCUT2D eigenvalue weighted by molar-refractivity contribution is 0.0952. The van der Waals surface area contributed by atoms with E-state index in [-0.39, 0.29) is 5.91 Å². The lowest BCUT2D eigenvalue weighted by Gasteiger charge is -2.07. The van der Waals surface area contributed by atoms with Gasteiger partial charge in [-0.25, -0.2) is 4.98 Å². The molecule has 26 heavy (non-hydrogen) atoms. The molecule has 0 saturated carbocycles. The minimum Gasteiger partial charge on any atom is -0.370 e. The molecule has 2 aromatic heterocycles. The number of hydrogen-bond donors (Lipinski definition) is 3. The highest BCUT2D eigenvalue weighted by Gasteiger charge is 2.06. The second-order valence-electron chi connectivity index (χ2n) is 6.43. The van der Waals surface area contributed by atoms with E-state index in [1.807, 2.05) is 18.2 Å². The molecule has 0 radical (unpaired) electrons. The number of nitrogens with one attached hydrogen (secondary N) is 3. The number of para-hydroxylation sites is 1. The topological polar surface area (TPSA) is 69.8 Å². The maximum absolute atomic E-state index is 12.0. The molecule has 5 heteroatoms. The monoisotopic (exact) mass is 350 g/mol. The maximum atomic E-state index is 12.0. The van der Waals surface area contributed by atoms with Gasteiger partial charge < -0.3 is 15.6 Å². The highest BCUT2D eigenvalue weighted by Crippen LogP contribution is 2.18. The summed E-state index contributed by atoms with van der Waals surface area (Å²) in [5.74, 6) is 0.728. The van der Waals surface area contributed by atoms with Gasteiger partial charge in [-0.3, -0.25) is 4.79 Å². The minimum atomic E-state index is -0.0565. The van der Waals surface area contributed by atoms with Gasteiger partial charge in [-0.05, 0) is 36.6 Å². The first kappa shape index (κ1) is 18.0. The second kappa shape index (κ2) is 9.04. The average molecular weight is 350 g/mol. The Kier molecular flexibility index (Phi) is 6.25. The van der Waals surface area contributed by atoms with Crippen molar-refractivity contribution in [2.45, 2.75) is 32.6 Å². The summed E-state index contributed by atoms with van der Waals surface area (Å²) in [6, 6.07) is 12.0. The van der Waals surface area contributed by atoms with E-state index in [1.165, 1.54) is 10.9 Å². The first-order valence-electron chi connectivity index (χ1n) is 9.31. The summed E-state index contributed by atoms with van der Waals surface area (Å²) < 4.78 is 0. The molecule has 0 unspecified atom stereocenters. The number of fused-ring (bicyclic) bond motifs is 1. The Morgan fingerprint density at radius 2 is 2.00 bits per heavy atom. The summed E-state index contributed by atoms with van der Waals surface area (Å²) in [6.07, 6.45) is 7.90. The number of aromatic amines is 1. The van der Waals surface area contributed by atoms with Gasteiger partial charge in [0.05, 0.1) is 5.56 Å². The molecule has 3 N–H and O–H groups in total. The molecule has 0 spiro atoms. The van der Waals surface area contributed by atoms with Crippen molar-refractivity contribution in [1.29, 1.82) is 0 Å². The molecule has 3 rings (SSSR count). The number of aromatic nitrogens is 2. The van der Waals surface area contributed by atoms with E-state index in [9.17, 15) is 4.79 Å². The average Bonchev–Trinajstić information content (AvgIpc) is 3.09. The minimum absolute atomic E-state index is 0.0565. The summed E-state index contributed by atoms with van der Waals surface area (Å²) in [5.41, 5.74) is 3.05. The Hall–Kier alpha value is -2.82. The molecule has 0 bridgehead atoms. The largest absolute Gasteiger partial charge is 0.370 e. The Morgan fingerprint density at radius 3 is 2.81 bits per heavy atom. The fourth-order valence-electron chi connectivity index (χ4n) is 2.98. The number of hydrogen-bond acceptors (Lipinski definition) is 3. The number of carbonyl (C=O) groups is 1. The highest BCUT2D eigenvalue weighted by atomic mass is 16.1. The fourth-order valence-corrected chi connectivity index (χ4v) is 2.98. The Labute approximate surface area is 154 Å². The molecule has 0 aliphatic carbocycles. The van der Waals surface area contributed by atoms with Crippen molar-refractivity contribution < 1.29 is 4.79 Å². The molecular formula is C21H26N4O. The smallest absolute Gasteiger partial charge is 0.252 e. The van der Waals surface area contributed by atoms with Crippen molar-refractivity contribution in [2.75, 3.05) is 18.4 Å². The number of H-pyrrole nitrogens is 1. The number of amides is 1. The Balaban J connectivity index is 1.47. The first-order chi connectivity index (χ1) is 12.8. The predicted octanol–water partition coefficient (Wildman–Crippen LogP) is 4.14. The van der Waals surface area contributed by atoms with Crippen LogP contribution in [-0.4, -0.2) is 29.0 Å². The van der Waals surface area contributed by atoms with Crippen molar-refractivity contribution >= 4 is 22.6 Å². The number of rotatable bonds is 9. The van der Waals surface area contributed by atoms with Crippen molar-refractivity contribution in [3.05, 3.63) is 59.9 Å². The number of benzene rings is 1. The van der Waals surface area contributed by atoms with Crippen LogP contribution in [0.4, 0.5) is 5.82 Å². The lowest BCUT2D eigenvalue weighted by Crippen LogP contribution is -2.24. The molecule has 1 aromatic carbocycles. The molecule has 0 atom stereocenters. The second-order valence-corrected chi connectivity index (χ2v) is 6.43. The van der Waals surface area contributed by atoms with Crippen LogP contribution in [0.3, 0.4) is 0 Å². The number of nitrogens with zero attached hydrogens (tertiary/aromatic N) is 1. The number of unbranched alkanes of at least 4 members (excludes halogenated alkanes) is 2. The molecule has 0 aliphatic rings. The van der Waals surface area contributed by atoms with Crippen LogP contribution >= 0.6 is 0 Å². The number of anilines is 1. The summed E-state index contributed by atoms with van der Waals surface area (Å²) in [6.45, 7) is 3.66. The normalized spacial score (nSPS) is 10.8. The van der Waals surface area contributed by atoms with Crippen LogP contribution in [0.15, 0.2) is 48.8 Å². The standard InChI is InChI=1S/C21H26N4O/c1-2-3-6-12-23-21(26)17-9-10-20(25-15-17)22-13-11-16-14-24-19-8-5-4-7-18(16)19/h4-5,7-10,14-15,24H,2-3,6,11-13H2,1H3,(H,22,25)(H,23,26). The molecule has 0 saturated heterocycles. The molecule has 0 fully saturated rings. The summed E-state index contributed by atoms with van der Waals surface area (Å²) in [4.78, 5) is 19.7. The fraction of sp³-hybridized carbons (Fsp3) is 0.333. The van der Waals surface area contributed by atoms with Gasteiger partial charge >= 0.3 is 0 Å². The molecule has 2 heterocycles. The number of carbonyl (C=O) groups excluding carboxylic acids is 1. The van der Waals surface area contributed by atoms with Crippen molar-refractivity contribution in [2.24, 2.45) is 0 Å². The van der Waals surface area contributed by atoms with Gasteiger partial charge in [0, 0.05) is 36.4 Å². The third-order valence-electron chi connectivity index (χ3n) is 4.47. The van der Waals surface area contributed by atoms with Crippen LogP contribution in [-0.2, 0) is 6.42 Å². The number of pyridine rings is 1.